The smallest absolute Gasteiger partial charge is 0.255 e. The molecule has 0 unspecified atom stereocenters. The number of carbonyl (C=O) groups is 2. The Balaban J connectivity index is 1.56. The van der Waals surface area contributed by atoms with Crippen molar-refractivity contribution in [1.29, 1.82) is 0 Å². The number of piperazine rings is 1. The van der Waals surface area contributed by atoms with Crippen LogP contribution in [0, 0.1) is 0 Å². The van der Waals surface area contributed by atoms with E-state index in [0.717, 1.165) is 18.7 Å². The Morgan fingerprint density at radius 1 is 1.12 bits per heavy atom. The van der Waals surface area contributed by atoms with Gasteiger partial charge in [-0.1, -0.05) is 29.8 Å². The molecule has 0 radical (unpaired) electrons. The highest BCUT2D eigenvalue weighted by atomic mass is 35.5. The second-order valence-corrected chi connectivity index (χ2v) is 7.30. The Bertz CT molecular complexity index is 653. The molecule has 1 aromatic rings. The fourth-order valence-corrected chi connectivity index (χ4v) is 3.90. The molecule has 2 amide bonds. The maximum absolute atomic E-state index is 13.0. The van der Waals surface area contributed by atoms with Gasteiger partial charge < -0.3 is 19.9 Å². The fourth-order valence-electron chi connectivity index (χ4n) is 3.70. The zero-order valence-electron chi connectivity index (χ0n) is 15.2. The van der Waals surface area contributed by atoms with Crippen molar-refractivity contribution in [1.82, 2.24) is 15.1 Å². The molecule has 0 aliphatic carbocycles. The van der Waals surface area contributed by atoms with Gasteiger partial charge in [-0.15, -0.1) is 0 Å². The summed E-state index contributed by atoms with van der Waals surface area (Å²) >= 11 is 6.15. The average Bonchev–Trinajstić information content (AvgIpc) is 2.69. The number of halogens is 1. The quantitative estimate of drug-likeness (QED) is 0.857. The molecule has 6 nitrogen and oxygen atoms in total. The number of carbonyl (C=O) groups excluding carboxylic acids is 2. The number of hydrogen-bond acceptors (Lipinski definition) is 4. The van der Waals surface area contributed by atoms with Gasteiger partial charge in [0.15, 0.2) is 0 Å². The molecule has 0 bridgehead atoms. The van der Waals surface area contributed by atoms with Crippen molar-refractivity contribution >= 4 is 23.4 Å². The van der Waals surface area contributed by atoms with Crippen LogP contribution in [-0.2, 0) is 20.7 Å². The van der Waals surface area contributed by atoms with Gasteiger partial charge in [0.05, 0.1) is 6.42 Å². The number of rotatable bonds is 4. The van der Waals surface area contributed by atoms with Crippen LogP contribution in [0.4, 0.5) is 0 Å². The van der Waals surface area contributed by atoms with Crippen molar-refractivity contribution < 1.29 is 14.3 Å². The molecule has 0 aromatic heterocycles. The van der Waals surface area contributed by atoms with Gasteiger partial charge >= 0.3 is 0 Å². The SMILES string of the molecule is COC1(C(=O)N2CCN(C(=O)Cc3ccccc3Cl)CC2)CCNCC1. The molecular weight excluding hydrogens is 354 g/mol. The molecule has 1 N–H and O–H groups in total. The molecular formula is C19H26ClN3O3. The van der Waals surface area contributed by atoms with Crippen LogP contribution in [0.1, 0.15) is 18.4 Å². The predicted octanol–water partition coefficient (Wildman–Crippen LogP) is 1.32. The summed E-state index contributed by atoms with van der Waals surface area (Å²) in [5.41, 5.74) is 0.125. The third-order valence-electron chi connectivity index (χ3n) is 5.41. The summed E-state index contributed by atoms with van der Waals surface area (Å²) < 4.78 is 5.63. The molecule has 2 heterocycles. The summed E-state index contributed by atoms with van der Waals surface area (Å²) in [5, 5.41) is 3.88. The Kier molecular flexibility index (Phi) is 6.16. The van der Waals surface area contributed by atoms with Crippen LogP contribution in [-0.4, -0.2) is 73.6 Å². The van der Waals surface area contributed by atoms with E-state index < -0.39 is 5.60 Å². The lowest BCUT2D eigenvalue weighted by atomic mass is 9.90. The van der Waals surface area contributed by atoms with E-state index in [4.69, 9.17) is 16.3 Å². The molecule has 0 spiro atoms. The number of nitrogens with one attached hydrogen (secondary N) is 1. The van der Waals surface area contributed by atoms with Crippen LogP contribution in [0.3, 0.4) is 0 Å². The van der Waals surface area contributed by atoms with E-state index in [1.807, 2.05) is 28.0 Å². The maximum Gasteiger partial charge on any atom is 0.255 e. The van der Waals surface area contributed by atoms with Crippen molar-refractivity contribution in [2.24, 2.45) is 0 Å². The van der Waals surface area contributed by atoms with E-state index in [9.17, 15) is 9.59 Å². The molecule has 2 saturated heterocycles. The number of ether oxygens (including phenoxy) is 1. The van der Waals surface area contributed by atoms with Crippen LogP contribution >= 0.6 is 11.6 Å². The molecule has 142 valence electrons. The predicted molar refractivity (Wildman–Crippen MR) is 100 cm³/mol. The van der Waals surface area contributed by atoms with E-state index in [-0.39, 0.29) is 11.8 Å². The van der Waals surface area contributed by atoms with Crippen molar-refractivity contribution in [3.05, 3.63) is 34.9 Å². The summed E-state index contributed by atoms with van der Waals surface area (Å²) in [6.45, 7) is 3.77. The van der Waals surface area contributed by atoms with Crippen molar-refractivity contribution in [2.75, 3.05) is 46.4 Å². The molecule has 2 aliphatic heterocycles. The molecule has 0 saturated carbocycles. The molecule has 3 rings (SSSR count). The second-order valence-electron chi connectivity index (χ2n) is 6.89. The Hall–Kier alpha value is -1.63. The number of piperidine rings is 1. The first-order chi connectivity index (χ1) is 12.6. The number of nitrogens with zero attached hydrogens (tertiary/aromatic N) is 2. The summed E-state index contributed by atoms with van der Waals surface area (Å²) in [7, 11) is 1.62. The second kappa shape index (κ2) is 8.37. The Labute approximate surface area is 159 Å². The molecule has 7 heteroatoms. The molecule has 26 heavy (non-hydrogen) atoms. The van der Waals surface area contributed by atoms with Crippen LogP contribution < -0.4 is 5.32 Å². The van der Waals surface area contributed by atoms with E-state index >= 15 is 0 Å². The number of methoxy groups -OCH3 is 1. The van der Waals surface area contributed by atoms with E-state index in [0.29, 0.717) is 50.5 Å². The molecule has 1 aromatic carbocycles. The van der Waals surface area contributed by atoms with Gasteiger partial charge in [0.25, 0.3) is 5.91 Å². The van der Waals surface area contributed by atoms with E-state index in [1.54, 1.807) is 13.2 Å². The normalized spacial score (nSPS) is 20.1. The lowest BCUT2D eigenvalue weighted by Gasteiger charge is -2.42. The van der Waals surface area contributed by atoms with E-state index in [2.05, 4.69) is 5.32 Å². The lowest BCUT2D eigenvalue weighted by molar-refractivity contribution is -0.161. The zero-order chi connectivity index (χ0) is 18.6. The number of hydrogen-bond donors (Lipinski definition) is 1. The minimum Gasteiger partial charge on any atom is -0.368 e. The largest absolute Gasteiger partial charge is 0.368 e. The summed E-state index contributed by atoms with van der Waals surface area (Å²) in [6.07, 6.45) is 1.67. The number of amides is 2. The van der Waals surface area contributed by atoms with Gasteiger partial charge in [-0.2, -0.15) is 0 Å². The van der Waals surface area contributed by atoms with Crippen molar-refractivity contribution in [3.63, 3.8) is 0 Å². The first kappa shape index (κ1) is 19.1. The summed E-state index contributed by atoms with van der Waals surface area (Å²) in [5.74, 6) is 0.105. The third kappa shape index (κ3) is 4.03. The van der Waals surface area contributed by atoms with Crippen LogP contribution in [0.2, 0.25) is 5.02 Å². The first-order valence-electron chi connectivity index (χ1n) is 9.12. The molecule has 2 fully saturated rings. The van der Waals surface area contributed by atoms with Gasteiger partial charge in [0, 0.05) is 38.3 Å². The van der Waals surface area contributed by atoms with Gasteiger partial charge in [-0.05, 0) is 37.6 Å². The third-order valence-corrected chi connectivity index (χ3v) is 5.78. The molecule has 2 aliphatic rings. The Morgan fingerprint density at radius 3 is 2.35 bits per heavy atom. The Morgan fingerprint density at radius 2 is 1.73 bits per heavy atom. The maximum atomic E-state index is 13.0. The average molecular weight is 380 g/mol. The minimum atomic E-state index is -0.713. The van der Waals surface area contributed by atoms with Gasteiger partial charge in [-0.3, -0.25) is 9.59 Å². The van der Waals surface area contributed by atoms with Crippen molar-refractivity contribution in [2.45, 2.75) is 24.9 Å². The van der Waals surface area contributed by atoms with Gasteiger partial charge in [-0.25, -0.2) is 0 Å². The lowest BCUT2D eigenvalue weighted by Crippen LogP contribution is -2.59. The highest BCUT2D eigenvalue weighted by Crippen LogP contribution is 2.26. The molecule has 0 atom stereocenters. The number of benzene rings is 1. The monoisotopic (exact) mass is 379 g/mol. The van der Waals surface area contributed by atoms with Crippen LogP contribution in [0.25, 0.3) is 0 Å². The standard InChI is InChI=1S/C19H26ClN3O3/c1-26-19(6-8-21-9-7-19)18(25)23-12-10-22(11-13-23)17(24)14-15-4-2-3-5-16(15)20/h2-5,21H,6-14H2,1H3. The zero-order valence-corrected chi connectivity index (χ0v) is 15.9. The topological polar surface area (TPSA) is 61.9 Å². The van der Waals surface area contributed by atoms with Gasteiger partial charge in [0.1, 0.15) is 5.60 Å². The minimum absolute atomic E-state index is 0.0496. The van der Waals surface area contributed by atoms with Crippen LogP contribution in [0.5, 0.6) is 0 Å². The van der Waals surface area contributed by atoms with Crippen molar-refractivity contribution in [3.8, 4) is 0 Å². The van der Waals surface area contributed by atoms with Crippen LogP contribution in [0.15, 0.2) is 24.3 Å². The first-order valence-corrected chi connectivity index (χ1v) is 9.50. The van der Waals surface area contributed by atoms with Gasteiger partial charge in [0.2, 0.25) is 5.91 Å². The summed E-state index contributed by atoms with van der Waals surface area (Å²) in [4.78, 5) is 29.2. The highest BCUT2D eigenvalue weighted by molar-refractivity contribution is 6.31. The van der Waals surface area contributed by atoms with E-state index in [1.165, 1.54) is 0 Å². The summed E-state index contributed by atoms with van der Waals surface area (Å²) in [6, 6.07) is 7.41. The highest BCUT2D eigenvalue weighted by Gasteiger charge is 2.43. The fraction of sp³-hybridized carbons (Fsp3) is 0.579.